The number of benzene rings is 3. The van der Waals surface area contributed by atoms with Crippen molar-refractivity contribution >= 4 is 34.1 Å². The Morgan fingerprint density at radius 3 is 2.45 bits per heavy atom. The summed E-state index contributed by atoms with van der Waals surface area (Å²) in [5, 5.41) is 22.6. The van der Waals surface area contributed by atoms with E-state index in [1.54, 1.807) is 0 Å². The van der Waals surface area contributed by atoms with Crippen LogP contribution >= 0.6 is 11.6 Å². The minimum Gasteiger partial charge on any atom is -0.393 e. The number of anilines is 1. The third-order valence-electron chi connectivity index (χ3n) is 8.17. The van der Waals surface area contributed by atoms with E-state index in [2.05, 4.69) is 58.5 Å². The second-order valence-electron chi connectivity index (χ2n) is 11.0. The molecule has 4 atom stereocenters. The number of aliphatic hydroxyl groups is 1. The summed E-state index contributed by atoms with van der Waals surface area (Å²) in [7, 11) is 0. The Balaban J connectivity index is 1.26. The lowest BCUT2D eigenvalue weighted by atomic mass is 9.95. The normalized spacial score (nSPS) is 21.7. The van der Waals surface area contributed by atoms with Crippen molar-refractivity contribution in [2.75, 3.05) is 4.90 Å². The monoisotopic (exact) mass is 528 g/mol. The fraction of sp³-hybridized carbons (Fsp3) is 0.355. The smallest absolute Gasteiger partial charge is 0.251 e. The molecule has 2 aliphatic heterocycles. The molecule has 0 spiro atoms. The summed E-state index contributed by atoms with van der Waals surface area (Å²) in [5.74, 6) is 0.0276. The van der Waals surface area contributed by atoms with E-state index in [0.29, 0.717) is 22.7 Å². The second-order valence-corrected chi connectivity index (χ2v) is 11.4. The molecule has 38 heavy (non-hydrogen) atoms. The zero-order valence-corrected chi connectivity index (χ0v) is 22.4. The maximum absolute atomic E-state index is 13.4. The molecular formula is C31H33ClN4O2. The Morgan fingerprint density at radius 2 is 1.76 bits per heavy atom. The number of hydrogen-bond acceptors (Lipinski definition) is 4. The summed E-state index contributed by atoms with van der Waals surface area (Å²) in [6, 6.07) is 22.5. The van der Waals surface area contributed by atoms with Crippen LogP contribution in [0.3, 0.4) is 0 Å². The van der Waals surface area contributed by atoms with Crippen LogP contribution in [0.15, 0.2) is 66.7 Å². The summed E-state index contributed by atoms with van der Waals surface area (Å²) < 4.78 is 0. The number of carbonyl (C=O) groups is 1. The van der Waals surface area contributed by atoms with Crippen LogP contribution in [0, 0.1) is 5.92 Å². The third-order valence-corrected chi connectivity index (χ3v) is 8.51. The molecule has 6 nitrogen and oxygen atoms in total. The van der Waals surface area contributed by atoms with Gasteiger partial charge in [-0.1, -0.05) is 55.8 Å². The first-order valence-electron chi connectivity index (χ1n) is 13.5. The van der Waals surface area contributed by atoms with Crippen LogP contribution in [0.2, 0.25) is 5.02 Å². The molecule has 6 rings (SSSR count). The number of piperidine rings is 1. The predicted molar refractivity (Wildman–Crippen MR) is 153 cm³/mol. The van der Waals surface area contributed by atoms with E-state index in [9.17, 15) is 9.90 Å². The molecule has 0 aliphatic carbocycles. The molecule has 3 N–H and O–H groups in total. The van der Waals surface area contributed by atoms with Crippen molar-refractivity contribution < 1.29 is 9.90 Å². The SMILES string of the molecule is CC(C)[C@H](NC(=O)c1ccc2[nH]nc(-c3ccc(N4[C@@H]5CC[C@H]4C[C@@H](O)C5)cc3)c2c1)c1ccccc1Cl. The van der Waals surface area contributed by atoms with Crippen molar-refractivity contribution in [3.63, 3.8) is 0 Å². The van der Waals surface area contributed by atoms with Crippen LogP contribution in [0.1, 0.15) is 61.5 Å². The predicted octanol–water partition coefficient (Wildman–Crippen LogP) is 6.50. The first-order chi connectivity index (χ1) is 18.4. The summed E-state index contributed by atoms with van der Waals surface area (Å²) in [6.45, 7) is 4.15. The number of rotatable bonds is 6. The van der Waals surface area contributed by atoms with Crippen LogP contribution < -0.4 is 10.2 Å². The first kappa shape index (κ1) is 25.0. The van der Waals surface area contributed by atoms with Gasteiger partial charge in [-0.3, -0.25) is 9.89 Å². The number of aromatic nitrogens is 2. The highest BCUT2D eigenvalue weighted by molar-refractivity contribution is 6.31. The van der Waals surface area contributed by atoms with Gasteiger partial charge in [0.2, 0.25) is 0 Å². The number of halogens is 1. The minimum atomic E-state index is -0.200. The quantitative estimate of drug-likeness (QED) is 0.267. The fourth-order valence-corrected chi connectivity index (χ4v) is 6.55. The van der Waals surface area contributed by atoms with Crippen LogP contribution in [-0.2, 0) is 0 Å². The molecule has 2 saturated heterocycles. The second kappa shape index (κ2) is 10.1. The minimum absolute atomic E-state index is 0.143. The number of hydrogen-bond donors (Lipinski definition) is 3. The Bertz CT molecular complexity index is 1450. The number of nitrogens with zero attached hydrogens (tertiary/aromatic N) is 2. The molecule has 4 aromatic rings. The molecule has 2 bridgehead atoms. The number of aliphatic hydroxyl groups excluding tert-OH is 1. The summed E-state index contributed by atoms with van der Waals surface area (Å²) >= 11 is 6.45. The van der Waals surface area contributed by atoms with E-state index >= 15 is 0 Å². The average molecular weight is 529 g/mol. The van der Waals surface area contributed by atoms with Crippen molar-refractivity contribution in [1.29, 1.82) is 0 Å². The molecule has 2 fully saturated rings. The number of H-pyrrole nitrogens is 1. The number of amides is 1. The van der Waals surface area contributed by atoms with Crippen LogP contribution in [0.5, 0.6) is 0 Å². The standard InChI is InChI=1S/C31H33ClN4O2/c1-18(2)29(25-5-3-4-6-27(25)32)33-31(38)20-9-14-28-26(15-20)30(35-34-28)19-7-10-21(11-8-19)36-22-12-13-23(36)17-24(37)16-22/h3-11,14-15,18,22-24,29,37H,12-13,16-17H2,1-2H3,(H,33,38)(H,34,35)/t22-,23+,24+,29-/m0/s1. The Morgan fingerprint density at radius 1 is 1.05 bits per heavy atom. The van der Waals surface area contributed by atoms with Gasteiger partial charge in [0, 0.05) is 39.3 Å². The van der Waals surface area contributed by atoms with Gasteiger partial charge >= 0.3 is 0 Å². The van der Waals surface area contributed by atoms with Crippen LogP contribution in [-0.4, -0.2) is 39.4 Å². The van der Waals surface area contributed by atoms with Gasteiger partial charge in [0.15, 0.2) is 0 Å². The van der Waals surface area contributed by atoms with Crippen molar-refractivity contribution in [3.05, 3.63) is 82.9 Å². The Hall–Kier alpha value is -3.35. The van der Waals surface area contributed by atoms with E-state index in [0.717, 1.165) is 53.4 Å². The highest BCUT2D eigenvalue weighted by atomic mass is 35.5. The molecule has 1 amide bonds. The maximum Gasteiger partial charge on any atom is 0.251 e. The molecule has 196 valence electrons. The van der Waals surface area contributed by atoms with E-state index in [1.165, 1.54) is 5.69 Å². The lowest BCUT2D eigenvalue weighted by Gasteiger charge is -2.39. The molecule has 7 heteroatoms. The molecule has 0 saturated carbocycles. The summed E-state index contributed by atoms with van der Waals surface area (Å²) in [4.78, 5) is 15.9. The third kappa shape index (κ3) is 4.56. The average Bonchev–Trinajstić information content (AvgIpc) is 3.45. The molecule has 0 unspecified atom stereocenters. The van der Waals surface area contributed by atoms with E-state index in [4.69, 9.17) is 11.6 Å². The van der Waals surface area contributed by atoms with E-state index in [-0.39, 0.29) is 24.0 Å². The van der Waals surface area contributed by atoms with Crippen molar-refractivity contribution in [2.45, 2.75) is 63.8 Å². The summed E-state index contributed by atoms with van der Waals surface area (Å²) in [6.07, 6.45) is 3.81. The number of fused-ring (bicyclic) bond motifs is 3. The van der Waals surface area contributed by atoms with Crippen molar-refractivity contribution in [3.8, 4) is 11.3 Å². The molecule has 1 aromatic heterocycles. The zero-order chi connectivity index (χ0) is 26.4. The molecular weight excluding hydrogens is 496 g/mol. The Labute approximate surface area is 228 Å². The lowest BCUT2D eigenvalue weighted by molar-refractivity contribution is 0.0925. The zero-order valence-electron chi connectivity index (χ0n) is 21.7. The highest BCUT2D eigenvalue weighted by Crippen LogP contribution is 2.40. The molecule has 3 aromatic carbocycles. The van der Waals surface area contributed by atoms with Gasteiger partial charge in [-0.15, -0.1) is 0 Å². The highest BCUT2D eigenvalue weighted by Gasteiger charge is 2.40. The van der Waals surface area contributed by atoms with E-state index < -0.39 is 0 Å². The van der Waals surface area contributed by atoms with Crippen molar-refractivity contribution in [2.24, 2.45) is 5.92 Å². The van der Waals surface area contributed by atoms with Gasteiger partial charge in [0.25, 0.3) is 5.91 Å². The van der Waals surface area contributed by atoms with Crippen LogP contribution in [0.4, 0.5) is 5.69 Å². The topological polar surface area (TPSA) is 81.2 Å². The fourth-order valence-electron chi connectivity index (χ4n) is 6.29. The van der Waals surface area contributed by atoms with E-state index in [1.807, 2.05) is 42.5 Å². The van der Waals surface area contributed by atoms with Gasteiger partial charge < -0.3 is 15.3 Å². The van der Waals surface area contributed by atoms with Gasteiger partial charge in [0.1, 0.15) is 0 Å². The van der Waals surface area contributed by atoms with Crippen LogP contribution in [0.25, 0.3) is 22.2 Å². The maximum atomic E-state index is 13.4. The largest absolute Gasteiger partial charge is 0.393 e. The summed E-state index contributed by atoms with van der Waals surface area (Å²) in [5.41, 5.74) is 5.41. The van der Waals surface area contributed by atoms with Gasteiger partial charge in [-0.2, -0.15) is 5.10 Å². The molecule has 0 radical (unpaired) electrons. The number of aromatic amines is 1. The Kier molecular flexibility index (Phi) is 6.62. The first-order valence-corrected chi connectivity index (χ1v) is 13.9. The lowest BCUT2D eigenvalue weighted by Crippen LogP contribution is -2.44. The molecule has 2 aliphatic rings. The number of carbonyl (C=O) groups excluding carboxylic acids is 1. The van der Waals surface area contributed by atoms with Gasteiger partial charge in [-0.05, 0) is 73.6 Å². The number of nitrogens with one attached hydrogen (secondary N) is 2. The van der Waals surface area contributed by atoms with Crippen molar-refractivity contribution in [1.82, 2.24) is 15.5 Å². The van der Waals surface area contributed by atoms with Gasteiger partial charge in [-0.25, -0.2) is 0 Å². The molecule has 3 heterocycles. The van der Waals surface area contributed by atoms with Gasteiger partial charge in [0.05, 0.1) is 23.4 Å².